The lowest BCUT2D eigenvalue weighted by Gasteiger charge is -2.60. The lowest BCUT2D eigenvalue weighted by atomic mass is 9.45. The van der Waals surface area contributed by atoms with Crippen molar-refractivity contribution in [3.63, 3.8) is 0 Å². The molecule has 2 amide bonds. The van der Waals surface area contributed by atoms with Crippen LogP contribution in [0.4, 0.5) is 0 Å². The van der Waals surface area contributed by atoms with Crippen LogP contribution < -0.4 is 10.6 Å². The van der Waals surface area contributed by atoms with E-state index in [4.69, 9.17) is 4.74 Å². The van der Waals surface area contributed by atoms with Crippen LogP contribution in [0.5, 0.6) is 0 Å². The van der Waals surface area contributed by atoms with Crippen LogP contribution in [0.1, 0.15) is 106 Å². The van der Waals surface area contributed by atoms with Gasteiger partial charge in [0.05, 0.1) is 12.5 Å². The number of Topliss-reactive ketones (excluding diaryl/α,β-unsaturated/α-hetero) is 1. The van der Waals surface area contributed by atoms with Gasteiger partial charge in [-0.2, -0.15) is 0 Å². The number of amides is 2. The van der Waals surface area contributed by atoms with E-state index in [1.54, 1.807) is 19.9 Å². The van der Waals surface area contributed by atoms with Crippen molar-refractivity contribution in [3.05, 3.63) is 11.6 Å². The first-order chi connectivity index (χ1) is 22.3. The predicted octanol–water partition coefficient (Wildman–Crippen LogP) is 2.87. The van der Waals surface area contributed by atoms with Crippen molar-refractivity contribution >= 4 is 35.3 Å². The molecule has 0 aromatic heterocycles. The first-order valence-corrected chi connectivity index (χ1v) is 17.5. The maximum Gasteiger partial charge on any atom is 0.326 e. The lowest BCUT2D eigenvalue weighted by molar-refractivity contribution is -0.184. The van der Waals surface area contributed by atoms with Gasteiger partial charge in [-0.05, 0) is 86.0 Å². The van der Waals surface area contributed by atoms with Gasteiger partial charge in [-0.25, -0.2) is 4.79 Å². The summed E-state index contributed by atoms with van der Waals surface area (Å²) in [5.41, 5.74) is -1.90. The molecule has 0 unspecified atom stereocenters. The number of hydrogen-bond donors (Lipinski definition) is 5. The smallest absolute Gasteiger partial charge is 0.326 e. The van der Waals surface area contributed by atoms with Gasteiger partial charge in [0, 0.05) is 18.3 Å². The number of nitrogens with one attached hydrogen (secondary N) is 2. The fraction of sp³-hybridized carbons (Fsp3) is 0.778. The molecule has 4 aliphatic carbocycles. The second kappa shape index (κ2) is 14.4. The number of rotatable bonds is 13. The Bertz CT molecular complexity index is 1340. The number of aliphatic hydroxyl groups is 2. The Morgan fingerprint density at radius 2 is 1.69 bits per heavy atom. The van der Waals surface area contributed by atoms with E-state index in [1.807, 2.05) is 20.8 Å². The van der Waals surface area contributed by atoms with E-state index in [9.17, 15) is 44.1 Å². The van der Waals surface area contributed by atoms with Crippen LogP contribution >= 0.6 is 0 Å². The van der Waals surface area contributed by atoms with Gasteiger partial charge in [0.15, 0.2) is 12.4 Å². The SMILES string of the molecule is CC(C)C[C@H](NC(=O)[C@H](NC(=O)CCC(=O)OCC(=O)[C@@]1(O)CC[C@@H]2[C@@H]3CCC4=CC(=O)CC[C@]4(C)[C@@H]3[C@H](O)C[C@@]21C)C(C)C)C(=O)O. The first kappa shape index (κ1) is 37.7. The fourth-order valence-corrected chi connectivity index (χ4v) is 9.44. The third kappa shape index (κ3) is 7.25. The number of carbonyl (C=O) groups excluding carboxylic acids is 5. The van der Waals surface area contributed by atoms with Crippen molar-refractivity contribution in [2.24, 2.45) is 40.4 Å². The number of ketones is 2. The third-order valence-electron chi connectivity index (χ3n) is 12.0. The molecule has 4 aliphatic rings. The molecule has 0 heterocycles. The molecule has 3 saturated carbocycles. The average Bonchev–Trinajstić information content (AvgIpc) is 3.27. The Morgan fingerprint density at radius 1 is 1.00 bits per heavy atom. The predicted molar refractivity (Wildman–Crippen MR) is 174 cm³/mol. The molecule has 0 aromatic carbocycles. The fourth-order valence-electron chi connectivity index (χ4n) is 9.44. The van der Waals surface area contributed by atoms with Crippen molar-refractivity contribution < 1.29 is 48.8 Å². The minimum atomic E-state index is -1.79. The van der Waals surface area contributed by atoms with Gasteiger partial charge in [-0.3, -0.25) is 24.0 Å². The van der Waals surface area contributed by atoms with Gasteiger partial charge in [0.2, 0.25) is 17.6 Å². The summed E-state index contributed by atoms with van der Waals surface area (Å²) >= 11 is 0. The van der Waals surface area contributed by atoms with Crippen molar-refractivity contribution in [2.45, 2.75) is 130 Å². The van der Waals surface area contributed by atoms with E-state index in [2.05, 4.69) is 17.6 Å². The summed E-state index contributed by atoms with van der Waals surface area (Å²) in [6, 6.07) is -2.12. The lowest BCUT2D eigenvalue weighted by Crippen LogP contribution is -2.62. The summed E-state index contributed by atoms with van der Waals surface area (Å²) < 4.78 is 5.23. The summed E-state index contributed by atoms with van der Waals surface area (Å²) in [7, 11) is 0. The number of aliphatic carboxylic acids is 1. The van der Waals surface area contributed by atoms with E-state index < -0.39 is 65.3 Å². The number of fused-ring (bicyclic) bond motifs is 5. The molecule has 12 nitrogen and oxygen atoms in total. The molecule has 0 aromatic rings. The minimum Gasteiger partial charge on any atom is -0.480 e. The van der Waals surface area contributed by atoms with Crippen molar-refractivity contribution in [1.29, 1.82) is 0 Å². The topological polar surface area (TPSA) is 196 Å². The number of esters is 1. The number of carboxylic acid groups (broad SMARTS) is 1. The van der Waals surface area contributed by atoms with Crippen LogP contribution in [-0.2, 0) is 33.5 Å². The van der Waals surface area contributed by atoms with E-state index in [0.717, 1.165) is 18.4 Å². The largest absolute Gasteiger partial charge is 0.480 e. The van der Waals surface area contributed by atoms with E-state index in [1.165, 1.54) is 0 Å². The highest BCUT2D eigenvalue weighted by molar-refractivity contribution is 5.93. The second-order valence-corrected chi connectivity index (χ2v) is 15.9. The van der Waals surface area contributed by atoms with Gasteiger partial charge in [0.25, 0.3) is 0 Å². The Labute approximate surface area is 282 Å². The first-order valence-electron chi connectivity index (χ1n) is 17.5. The Hall–Kier alpha value is -3.12. The quantitative estimate of drug-likeness (QED) is 0.181. The van der Waals surface area contributed by atoms with Crippen molar-refractivity contribution in [1.82, 2.24) is 10.6 Å². The van der Waals surface area contributed by atoms with Crippen LogP contribution in [0.3, 0.4) is 0 Å². The molecule has 3 fully saturated rings. The molecule has 0 spiro atoms. The molecule has 5 N–H and O–H groups in total. The number of ether oxygens (including phenoxy) is 1. The Morgan fingerprint density at radius 3 is 2.31 bits per heavy atom. The molecule has 0 bridgehead atoms. The van der Waals surface area contributed by atoms with Crippen molar-refractivity contribution in [3.8, 4) is 0 Å². The van der Waals surface area contributed by atoms with Gasteiger partial charge in [-0.15, -0.1) is 0 Å². The number of aliphatic hydroxyl groups excluding tert-OH is 1. The number of carbonyl (C=O) groups is 6. The van der Waals surface area contributed by atoms with Crippen LogP contribution in [0.15, 0.2) is 11.6 Å². The highest BCUT2D eigenvalue weighted by Gasteiger charge is 2.68. The van der Waals surface area contributed by atoms with Crippen LogP contribution in [-0.4, -0.2) is 81.0 Å². The second-order valence-electron chi connectivity index (χ2n) is 15.9. The molecule has 0 aliphatic heterocycles. The van der Waals surface area contributed by atoms with Gasteiger partial charge in [-0.1, -0.05) is 47.1 Å². The zero-order valence-corrected chi connectivity index (χ0v) is 29.2. The maximum absolute atomic E-state index is 13.5. The van der Waals surface area contributed by atoms with Gasteiger partial charge < -0.3 is 30.7 Å². The maximum atomic E-state index is 13.5. The minimum absolute atomic E-state index is 0.0162. The Kier molecular flexibility index (Phi) is 11.3. The summed E-state index contributed by atoms with van der Waals surface area (Å²) in [6.07, 6.45) is 4.21. The molecule has 12 heteroatoms. The third-order valence-corrected chi connectivity index (χ3v) is 12.0. The van der Waals surface area contributed by atoms with Crippen LogP contribution in [0.25, 0.3) is 0 Å². The molecule has 0 radical (unpaired) electrons. The molecule has 48 heavy (non-hydrogen) atoms. The number of allylic oxidation sites excluding steroid dienone is 1. The van der Waals surface area contributed by atoms with Crippen LogP contribution in [0, 0.1) is 40.4 Å². The van der Waals surface area contributed by atoms with E-state index in [-0.39, 0.29) is 72.9 Å². The summed E-state index contributed by atoms with van der Waals surface area (Å²) in [5, 5.41) is 38.0. The molecule has 4 rings (SSSR count). The normalized spacial score (nSPS) is 33.9. The number of hydrogen-bond acceptors (Lipinski definition) is 9. The molecular weight excluding hydrogens is 620 g/mol. The average molecular weight is 675 g/mol. The summed E-state index contributed by atoms with van der Waals surface area (Å²) in [6.45, 7) is 10.4. The molecule has 9 atom stereocenters. The molecular formula is C36H54N2O10. The standard InChI is InChI=1S/C36H54N2O10/c1-19(2)15-25(33(45)46)37-32(44)31(20(3)4)38-28(42)9-10-29(43)48-18-27(41)36(47)14-12-24-23-8-7-21-16-22(39)11-13-34(21,5)30(23)26(40)17-35(24,36)6/h16,19-20,23-26,30-31,40,47H,7-15,17-18H2,1-6H3,(H,37,44)(H,38,42)(H,45,46)/t23-,24+,25-,26+,30-,31+,34-,35-,36-/m0/s1. The highest BCUT2D eigenvalue weighted by atomic mass is 16.5. The summed E-state index contributed by atoms with van der Waals surface area (Å²) in [5.74, 6) is -4.07. The van der Waals surface area contributed by atoms with Crippen molar-refractivity contribution in [2.75, 3.05) is 6.61 Å². The zero-order valence-electron chi connectivity index (χ0n) is 29.2. The molecule has 0 saturated heterocycles. The highest BCUT2D eigenvalue weighted by Crippen LogP contribution is 2.67. The van der Waals surface area contributed by atoms with E-state index >= 15 is 0 Å². The zero-order chi connectivity index (χ0) is 35.8. The molecule has 268 valence electrons. The monoisotopic (exact) mass is 674 g/mol. The number of carboxylic acids is 1. The van der Waals surface area contributed by atoms with E-state index in [0.29, 0.717) is 19.3 Å². The van der Waals surface area contributed by atoms with Crippen LogP contribution in [0.2, 0.25) is 0 Å². The Balaban J connectivity index is 1.32. The summed E-state index contributed by atoms with van der Waals surface area (Å²) in [4.78, 5) is 75.4. The van der Waals surface area contributed by atoms with Gasteiger partial charge >= 0.3 is 11.9 Å². The van der Waals surface area contributed by atoms with Gasteiger partial charge in [0.1, 0.15) is 17.7 Å².